The molecule has 2 N–H and O–H groups in total. The Balaban J connectivity index is 1.61. The van der Waals surface area contributed by atoms with Crippen LogP contribution in [0.3, 0.4) is 0 Å². The highest BCUT2D eigenvalue weighted by Gasteiger charge is 2.42. The summed E-state index contributed by atoms with van der Waals surface area (Å²) in [5.74, 6) is -0.491. The van der Waals surface area contributed by atoms with Gasteiger partial charge in [-0.2, -0.15) is 0 Å². The Morgan fingerprint density at radius 3 is 2.61 bits per heavy atom. The molecule has 1 amide bonds. The molecule has 1 saturated heterocycles. The molecule has 1 atom stereocenters. The van der Waals surface area contributed by atoms with Gasteiger partial charge in [0.1, 0.15) is 5.82 Å². The van der Waals surface area contributed by atoms with E-state index in [2.05, 4.69) is 5.32 Å². The van der Waals surface area contributed by atoms with Crippen molar-refractivity contribution in [3.8, 4) is 0 Å². The Morgan fingerprint density at radius 2 is 1.91 bits per heavy atom. The van der Waals surface area contributed by atoms with Crippen LogP contribution in [-0.2, 0) is 11.3 Å². The minimum atomic E-state index is -1.30. The number of amides is 1. The summed E-state index contributed by atoms with van der Waals surface area (Å²) in [7, 11) is 0. The van der Waals surface area contributed by atoms with Gasteiger partial charge in [-0.15, -0.1) is 0 Å². The molecule has 5 heteroatoms. The van der Waals surface area contributed by atoms with Crippen LogP contribution in [0.4, 0.5) is 4.39 Å². The lowest BCUT2D eigenvalue weighted by Crippen LogP contribution is -2.58. The molecule has 0 aromatic heterocycles. The Hall–Kier alpha value is -1.46. The SMILES string of the molecule is O=C1N(Cc2ccc(F)cc2)CCC[C@@]1(O)CNC1CCCC1. The van der Waals surface area contributed by atoms with Gasteiger partial charge < -0.3 is 15.3 Å². The topological polar surface area (TPSA) is 52.6 Å². The molecule has 0 radical (unpaired) electrons. The second kappa shape index (κ2) is 6.97. The van der Waals surface area contributed by atoms with E-state index < -0.39 is 5.60 Å². The first kappa shape index (κ1) is 16.4. The third kappa shape index (κ3) is 3.90. The molecule has 0 bridgehead atoms. The van der Waals surface area contributed by atoms with E-state index in [0.717, 1.165) is 24.8 Å². The molecule has 2 fully saturated rings. The Bertz CT molecular complexity index is 542. The minimum Gasteiger partial charge on any atom is -0.379 e. The van der Waals surface area contributed by atoms with Crippen LogP contribution < -0.4 is 5.32 Å². The maximum Gasteiger partial charge on any atom is 0.256 e. The number of halogens is 1. The van der Waals surface area contributed by atoms with Crippen molar-refractivity contribution >= 4 is 5.91 Å². The lowest BCUT2D eigenvalue weighted by molar-refractivity contribution is -0.157. The van der Waals surface area contributed by atoms with E-state index in [1.54, 1.807) is 17.0 Å². The van der Waals surface area contributed by atoms with Crippen molar-refractivity contribution in [1.29, 1.82) is 0 Å². The zero-order chi connectivity index (χ0) is 16.3. The van der Waals surface area contributed by atoms with E-state index in [9.17, 15) is 14.3 Å². The van der Waals surface area contributed by atoms with E-state index in [0.29, 0.717) is 32.1 Å². The van der Waals surface area contributed by atoms with Crippen LogP contribution >= 0.6 is 0 Å². The van der Waals surface area contributed by atoms with Gasteiger partial charge in [-0.3, -0.25) is 4.79 Å². The van der Waals surface area contributed by atoms with Crippen LogP contribution in [0.1, 0.15) is 44.1 Å². The molecule has 0 spiro atoms. The van der Waals surface area contributed by atoms with Gasteiger partial charge in [0.15, 0.2) is 5.60 Å². The van der Waals surface area contributed by atoms with E-state index in [1.165, 1.54) is 25.0 Å². The summed E-state index contributed by atoms with van der Waals surface area (Å²) in [6.07, 6.45) is 6.00. The number of aliphatic hydroxyl groups is 1. The summed E-state index contributed by atoms with van der Waals surface area (Å²) in [5.41, 5.74) is -0.423. The molecule has 1 saturated carbocycles. The van der Waals surface area contributed by atoms with Gasteiger partial charge in [0, 0.05) is 25.7 Å². The number of likely N-dealkylation sites (tertiary alicyclic amines) is 1. The fraction of sp³-hybridized carbons (Fsp3) is 0.611. The van der Waals surface area contributed by atoms with Gasteiger partial charge in [-0.25, -0.2) is 4.39 Å². The van der Waals surface area contributed by atoms with Gasteiger partial charge in [-0.1, -0.05) is 25.0 Å². The number of hydrogen-bond acceptors (Lipinski definition) is 3. The zero-order valence-corrected chi connectivity index (χ0v) is 13.4. The number of piperidine rings is 1. The van der Waals surface area contributed by atoms with Gasteiger partial charge in [0.25, 0.3) is 5.91 Å². The number of carbonyl (C=O) groups is 1. The van der Waals surface area contributed by atoms with Crippen molar-refractivity contribution in [3.63, 3.8) is 0 Å². The van der Waals surface area contributed by atoms with E-state index in [-0.39, 0.29) is 11.7 Å². The predicted octanol–water partition coefficient (Wildman–Crippen LogP) is 2.21. The van der Waals surface area contributed by atoms with Gasteiger partial charge in [0.05, 0.1) is 0 Å². The van der Waals surface area contributed by atoms with Gasteiger partial charge in [-0.05, 0) is 43.4 Å². The summed E-state index contributed by atoms with van der Waals surface area (Å²) < 4.78 is 13.0. The lowest BCUT2D eigenvalue weighted by Gasteiger charge is -2.39. The smallest absolute Gasteiger partial charge is 0.256 e. The lowest BCUT2D eigenvalue weighted by atomic mass is 9.91. The molecule has 1 aliphatic carbocycles. The van der Waals surface area contributed by atoms with E-state index in [4.69, 9.17) is 0 Å². The average Bonchev–Trinajstić information content (AvgIpc) is 3.06. The highest BCUT2D eigenvalue weighted by atomic mass is 19.1. The summed E-state index contributed by atoms with van der Waals surface area (Å²) in [6.45, 7) is 1.39. The molecular weight excluding hydrogens is 295 g/mol. The molecule has 1 heterocycles. The molecule has 1 aliphatic heterocycles. The average molecular weight is 320 g/mol. The van der Waals surface area contributed by atoms with Crippen molar-refractivity contribution in [2.24, 2.45) is 0 Å². The van der Waals surface area contributed by atoms with Crippen LogP contribution in [0.25, 0.3) is 0 Å². The van der Waals surface area contributed by atoms with E-state index >= 15 is 0 Å². The van der Waals surface area contributed by atoms with Gasteiger partial charge >= 0.3 is 0 Å². The molecule has 1 aromatic carbocycles. The summed E-state index contributed by atoms with van der Waals surface area (Å²) in [4.78, 5) is 14.4. The minimum absolute atomic E-state index is 0.210. The molecule has 1 aromatic rings. The largest absolute Gasteiger partial charge is 0.379 e. The quantitative estimate of drug-likeness (QED) is 0.874. The number of hydrogen-bond donors (Lipinski definition) is 2. The summed E-state index contributed by atoms with van der Waals surface area (Å²) in [5, 5.41) is 14.1. The second-order valence-corrected chi connectivity index (χ2v) is 6.85. The van der Waals surface area contributed by atoms with E-state index in [1.807, 2.05) is 0 Å². The Labute approximate surface area is 136 Å². The summed E-state index contributed by atoms with van der Waals surface area (Å²) >= 11 is 0. The number of rotatable bonds is 5. The Morgan fingerprint density at radius 1 is 1.22 bits per heavy atom. The van der Waals surface area contributed by atoms with Crippen molar-refractivity contribution in [3.05, 3.63) is 35.6 Å². The maximum absolute atomic E-state index is 13.0. The van der Waals surface area contributed by atoms with Crippen LogP contribution in [-0.4, -0.2) is 40.6 Å². The van der Waals surface area contributed by atoms with Crippen LogP contribution in [0.2, 0.25) is 0 Å². The predicted molar refractivity (Wildman–Crippen MR) is 86.3 cm³/mol. The van der Waals surface area contributed by atoms with Crippen LogP contribution in [0.15, 0.2) is 24.3 Å². The third-order valence-electron chi connectivity index (χ3n) is 5.03. The normalized spacial score (nSPS) is 26.0. The molecule has 3 rings (SSSR count). The molecule has 126 valence electrons. The number of nitrogens with one attached hydrogen (secondary N) is 1. The van der Waals surface area contributed by atoms with Gasteiger partial charge in [0.2, 0.25) is 0 Å². The monoisotopic (exact) mass is 320 g/mol. The number of carbonyl (C=O) groups excluding carboxylic acids is 1. The first-order valence-electron chi connectivity index (χ1n) is 8.56. The number of nitrogens with zero attached hydrogens (tertiary/aromatic N) is 1. The molecule has 4 nitrogen and oxygen atoms in total. The standard InChI is InChI=1S/C18H25FN2O2/c19-15-8-6-14(7-9-15)12-21-11-3-10-18(23,17(21)22)13-20-16-4-1-2-5-16/h6-9,16,20,23H,1-5,10-13H2/t18-/m1/s1. The first-order valence-corrected chi connectivity index (χ1v) is 8.56. The second-order valence-electron chi connectivity index (χ2n) is 6.85. The number of benzene rings is 1. The van der Waals surface area contributed by atoms with Crippen molar-refractivity contribution in [1.82, 2.24) is 10.2 Å². The highest BCUT2D eigenvalue weighted by Crippen LogP contribution is 2.25. The molecule has 0 unspecified atom stereocenters. The molecular formula is C18H25FN2O2. The third-order valence-corrected chi connectivity index (χ3v) is 5.03. The maximum atomic E-state index is 13.0. The first-order chi connectivity index (χ1) is 11.1. The van der Waals surface area contributed by atoms with Crippen molar-refractivity contribution in [2.75, 3.05) is 13.1 Å². The zero-order valence-electron chi connectivity index (χ0n) is 13.4. The fourth-order valence-corrected chi connectivity index (χ4v) is 3.63. The van der Waals surface area contributed by atoms with Crippen LogP contribution in [0, 0.1) is 5.82 Å². The van der Waals surface area contributed by atoms with Crippen molar-refractivity contribution < 1.29 is 14.3 Å². The molecule has 23 heavy (non-hydrogen) atoms. The summed E-state index contributed by atoms with van der Waals surface area (Å²) in [6, 6.07) is 6.61. The Kier molecular flexibility index (Phi) is 4.97. The van der Waals surface area contributed by atoms with Crippen LogP contribution in [0.5, 0.6) is 0 Å². The fourth-order valence-electron chi connectivity index (χ4n) is 3.63. The van der Waals surface area contributed by atoms with Crippen molar-refractivity contribution in [2.45, 2.75) is 56.7 Å². The highest BCUT2D eigenvalue weighted by molar-refractivity contribution is 5.86. The molecule has 2 aliphatic rings.